The van der Waals surface area contributed by atoms with E-state index in [4.69, 9.17) is 4.74 Å². The molecule has 12 heteroatoms. The van der Waals surface area contributed by atoms with Crippen LogP contribution in [-0.4, -0.2) is 44.4 Å². The molecule has 150 valence electrons. The van der Waals surface area contributed by atoms with Crippen molar-refractivity contribution in [2.75, 3.05) is 29.9 Å². The summed E-state index contributed by atoms with van der Waals surface area (Å²) in [5.74, 6) is -1.50. The van der Waals surface area contributed by atoms with E-state index in [0.29, 0.717) is 11.0 Å². The summed E-state index contributed by atoms with van der Waals surface area (Å²) in [5, 5.41) is 2.06. The maximum absolute atomic E-state index is 13.6. The Morgan fingerprint density at radius 2 is 1.85 bits per heavy atom. The Kier molecular flexibility index (Phi) is 4.42. The first-order chi connectivity index (χ1) is 12.3. The number of halogens is 8. The molecule has 2 aliphatic heterocycles. The van der Waals surface area contributed by atoms with E-state index in [1.54, 1.807) is 0 Å². The Labute approximate surface area is 147 Å². The molecule has 0 saturated heterocycles. The van der Waals surface area contributed by atoms with E-state index in [2.05, 4.69) is 5.32 Å². The highest BCUT2D eigenvalue weighted by Crippen LogP contribution is 2.54. The van der Waals surface area contributed by atoms with Gasteiger partial charge in [-0.25, -0.2) is 8.78 Å². The zero-order valence-electron chi connectivity index (χ0n) is 13.3. The van der Waals surface area contributed by atoms with Gasteiger partial charge in [-0.1, -0.05) is 0 Å². The average Bonchev–Trinajstić information content (AvgIpc) is 2.49. The molecule has 1 N–H and O–H groups in total. The first-order valence-electron chi connectivity index (χ1n) is 7.63. The second kappa shape index (κ2) is 6.13. The number of nitrogens with one attached hydrogen (secondary N) is 1. The summed E-state index contributed by atoms with van der Waals surface area (Å²) in [4.78, 5) is 12.4. The summed E-state index contributed by atoms with van der Waals surface area (Å²) in [6.07, 6.45) is -15.7. The van der Waals surface area contributed by atoms with Gasteiger partial charge in [0.25, 0.3) is 6.43 Å². The van der Waals surface area contributed by atoms with Gasteiger partial charge in [0.15, 0.2) is 5.41 Å². The number of hydrogen-bond donors (Lipinski definition) is 1. The molecule has 1 unspecified atom stereocenters. The molecule has 2 heterocycles. The van der Waals surface area contributed by atoms with Crippen molar-refractivity contribution in [2.24, 2.45) is 0 Å². The molecule has 1 aromatic rings. The number of carbonyl (C=O) groups excluding carboxylic acids is 1. The second-order valence-electron chi connectivity index (χ2n) is 6.25. The fraction of sp³-hybridized carbons (Fsp3) is 0.533. The van der Waals surface area contributed by atoms with E-state index >= 15 is 0 Å². The smallest absolute Gasteiger partial charge is 0.405 e. The van der Waals surface area contributed by atoms with Crippen molar-refractivity contribution in [3.8, 4) is 5.75 Å². The fourth-order valence-electron chi connectivity index (χ4n) is 3.28. The van der Waals surface area contributed by atoms with E-state index < -0.39 is 54.3 Å². The Bertz CT molecular complexity index is 761. The van der Waals surface area contributed by atoms with E-state index in [9.17, 15) is 39.9 Å². The van der Waals surface area contributed by atoms with Crippen molar-refractivity contribution < 1.29 is 44.7 Å². The number of benzene rings is 1. The highest BCUT2D eigenvalue weighted by molar-refractivity contribution is 5.97. The highest BCUT2D eigenvalue weighted by Gasteiger charge is 2.65. The van der Waals surface area contributed by atoms with Crippen molar-refractivity contribution in [1.82, 2.24) is 0 Å². The predicted molar refractivity (Wildman–Crippen MR) is 77.2 cm³/mol. The number of nitrogens with zero attached hydrogens (tertiary/aromatic N) is 1. The number of amides is 1. The molecule has 27 heavy (non-hydrogen) atoms. The minimum absolute atomic E-state index is 0.185. The molecule has 2 aliphatic rings. The van der Waals surface area contributed by atoms with Crippen LogP contribution in [0.15, 0.2) is 12.1 Å². The lowest BCUT2D eigenvalue weighted by atomic mass is 9.73. The third kappa shape index (κ3) is 3.25. The van der Waals surface area contributed by atoms with Gasteiger partial charge in [-0.05, 0) is 11.6 Å². The van der Waals surface area contributed by atoms with Crippen LogP contribution in [0.3, 0.4) is 0 Å². The predicted octanol–water partition coefficient (Wildman–Crippen LogP) is 3.86. The molecule has 0 aliphatic carbocycles. The molecule has 0 saturated carbocycles. The lowest BCUT2D eigenvalue weighted by molar-refractivity contribution is -0.228. The summed E-state index contributed by atoms with van der Waals surface area (Å²) in [7, 11) is 0. The van der Waals surface area contributed by atoms with Crippen LogP contribution in [0.4, 0.5) is 46.5 Å². The van der Waals surface area contributed by atoms with Crippen LogP contribution >= 0.6 is 0 Å². The Hall–Kier alpha value is -2.27. The molecular formula is C15H12F8N2O2. The number of anilines is 2. The van der Waals surface area contributed by atoms with Gasteiger partial charge < -0.3 is 15.0 Å². The summed E-state index contributed by atoms with van der Waals surface area (Å²) in [6.45, 7) is -1.96. The van der Waals surface area contributed by atoms with Crippen LogP contribution in [0.25, 0.3) is 0 Å². The Morgan fingerprint density at radius 1 is 1.19 bits per heavy atom. The maximum atomic E-state index is 13.6. The molecule has 1 aromatic carbocycles. The molecule has 4 nitrogen and oxygen atoms in total. The minimum atomic E-state index is -5.51. The van der Waals surface area contributed by atoms with Crippen LogP contribution in [-0.2, 0) is 10.2 Å². The Balaban J connectivity index is 2.20. The van der Waals surface area contributed by atoms with Gasteiger partial charge in [0.05, 0.1) is 18.7 Å². The summed E-state index contributed by atoms with van der Waals surface area (Å²) >= 11 is 0. The van der Waals surface area contributed by atoms with Gasteiger partial charge in [0, 0.05) is 11.8 Å². The van der Waals surface area contributed by atoms with Crippen molar-refractivity contribution in [3.63, 3.8) is 0 Å². The van der Waals surface area contributed by atoms with Gasteiger partial charge in [-0.2, -0.15) is 26.3 Å². The standard InChI is InChI=1S/C15H12F8N2O2/c16-12(17)13(15(21,22)23)5-11(26)24-8-4-10-9(3-7(8)13)25(1-2-27-10)6-14(18,19)20/h3-4,12H,1-2,5-6H2,(H,24,26). The zero-order valence-corrected chi connectivity index (χ0v) is 13.3. The third-order valence-electron chi connectivity index (χ3n) is 4.50. The summed E-state index contributed by atoms with van der Waals surface area (Å²) < 4.78 is 111. The molecule has 0 radical (unpaired) electrons. The van der Waals surface area contributed by atoms with E-state index in [1.165, 1.54) is 0 Å². The number of rotatable bonds is 2. The lowest BCUT2D eigenvalue weighted by Crippen LogP contribution is -2.53. The topological polar surface area (TPSA) is 41.6 Å². The first-order valence-corrected chi connectivity index (χ1v) is 7.63. The van der Waals surface area contributed by atoms with Gasteiger partial charge in [-0.3, -0.25) is 4.79 Å². The number of carbonyl (C=O) groups is 1. The zero-order chi connectivity index (χ0) is 20.2. The highest BCUT2D eigenvalue weighted by atomic mass is 19.4. The van der Waals surface area contributed by atoms with Crippen molar-refractivity contribution in [1.29, 1.82) is 0 Å². The van der Waals surface area contributed by atoms with E-state index in [-0.39, 0.29) is 24.6 Å². The normalized spacial score (nSPS) is 22.9. The number of hydrogen-bond acceptors (Lipinski definition) is 3. The number of alkyl halides is 8. The average molecular weight is 404 g/mol. The molecule has 1 amide bonds. The molecule has 1 atom stereocenters. The van der Waals surface area contributed by atoms with Crippen molar-refractivity contribution in [3.05, 3.63) is 17.7 Å². The second-order valence-corrected chi connectivity index (χ2v) is 6.25. The van der Waals surface area contributed by atoms with Gasteiger partial charge >= 0.3 is 12.4 Å². The molecular weight excluding hydrogens is 392 g/mol. The summed E-state index contributed by atoms with van der Waals surface area (Å²) in [6, 6.07) is 1.46. The van der Waals surface area contributed by atoms with Crippen LogP contribution in [0.1, 0.15) is 12.0 Å². The van der Waals surface area contributed by atoms with E-state index in [1.807, 2.05) is 0 Å². The number of ether oxygens (including phenoxy) is 1. The number of fused-ring (bicyclic) bond motifs is 2. The lowest BCUT2D eigenvalue weighted by Gasteiger charge is -2.41. The molecule has 0 aromatic heterocycles. The van der Waals surface area contributed by atoms with Gasteiger partial charge in [-0.15, -0.1) is 0 Å². The fourth-order valence-corrected chi connectivity index (χ4v) is 3.28. The van der Waals surface area contributed by atoms with E-state index in [0.717, 1.165) is 6.07 Å². The molecule has 0 fully saturated rings. The molecule has 0 spiro atoms. The van der Waals surface area contributed by atoms with Gasteiger partial charge in [0.2, 0.25) is 5.91 Å². The minimum Gasteiger partial charge on any atom is -0.489 e. The third-order valence-corrected chi connectivity index (χ3v) is 4.50. The summed E-state index contributed by atoms with van der Waals surface area (Å²) in [5.41, 5.74) is -5.75. The Morgan fingerprint density at radius 3 is 2.41 bits per heavy atom. The SMILES string of the molecule is O=C1CC(C(F)F)(C(F)(F)F)c2cc3c(cc2N1)OCCN3CC(F)(F)F. The largest absolute Gasteiger partial charge is 0.489 e. The monoisotopic (exact) mass is 404 g/mol. The molecule has 3 rings (SSSR count). The van der Waals surface area contributed by atoms with Crippen molar-refractivity contribution >= 4 is 17.3 Å². The maximum Gasteiger partial charge on any atom is 0.405 e. The quantitative estimate of drug-likeness (QED) is 0.762. The van der Waals surface area contributed by atoms with Gasteiger partial charge in [0.1, 0.15) is 18.9 Å². The van der Waals surface area contributed by atoms with Crippen LogP contribution in [0, 0.1) is 0 Å². The molecule has 0 bridgehead atoms. The van der Waals surface area contributed by atoms with Crippen LogP contribution in [0.2, 0.25) is 0 Å². The van der Waals surface area contributed by atoms with Crippen molar-refractivity contribution in [2.45, 2.75) is 30.6 Å². The first kappa shape index (κ1) is 19.5. The van der Waals surface area contributed by atoms with Crippen LogP contribution in [0.5, 0.6) is 5.75 Å². The van der Waals surface area contributed by atoms with Crippen LogP contribution < -0.4 is 15.0 Å².